The zero-order valence-electron chi connectivity index (χ0n) is 17.0. The lowest BCUT2D eigenvalue weighted by atomic mass is 9.96. The third-order valence-electron chi connectivity index (χ3n) is 6.14. The lowest BCUT2D eigenvalue weighted by molar-refractivity contribution is -0.0745. The maximum Gasteiger partial charge on any atom is 0.128 e. The molecule has 0 unspecified atom stereocenters. The fraction of sp³-hybridized carbons (Fsp3) is 0.522. The van der Waals surface area contributed by atoms with Gasteiger partial charge >= 0.3 is 0 Å². The number of aliphatic hydroxyl groups is 1. The third-order valence-corrected chi connectivity index (χ3v) is 6.40. The van der Waals surface area contributed by atoms with E-state index < -0.39 is 0 Å². The van der Waals surface area contributed by atoms with E-state index in [-0.39, 0.29) is 12.7 Å². The van der Waals surface area contributed by atoms with Crippen LogP contribution in [0.5, 0.6) is 0 Å². The number of nitrogens with zero attached hydrogens (tertiary/aromatic N) is 3. The van der Waals surface area contributed by atoms with Gasteiger partial charge in [-0.1, -0.05) is 23.7 Å². The molecular weight excluding hydrogens is 386 g/mol. The standard InChI is InChI=1S/C23H30ClN3O2/c1-17-14-27(22(16-29-17)12-18-2-4-20(24)5-3-18)21-7-10-26(11-8-21)23-13-19(15-28)6-9-25-23/h2-6,9,13,17,21-22,28H,7-8,10-12,14-16H2,1H3/t17-,22-/m0/s1. The Balaban J connectivity index is 1.41. The van der Waals surface area contributed by atoms with Gasteiger partial charge in [-0.2, -0.15) is 0 Å². The Morgan fingerprint density at radius 2 is 1.90 bits per heavy atom. The van der Waals surface area contributed by atoms with Gasteiger partial charge in [0.25, 0.3) is 0 Å². The molecular formula is C23H30ClN3O2. The molecule has 0 saturated carbocycles. The largest absolute Gasteiger partial charge is 0.392 e. The van der Waals surface area contributed by atoms with Crippen molar-refractivity contribution in [3.8, 4) is 0 Å². The number of hydrogen-bond acceptors (Lipinski definition) is 5. The molecule has 2 aliphatic heterocycles. The van der Waals surface area contributed by atoms with Gasteiger partial charge in [-0.15, -0.1) is 0 Å². The molecule has 0 radical (unpaired) electrons. The average Bonchev–Trinajstić information content (AvgIpc) is 2.76. The number of aliphatic hydroxyl groups excluding tert-OH is 1. The van der Waals surface area contributed by atoms with E-state index in [4.69, 9.17) is 16.3 Å². The molecule has 0 aliphatic carbocycles. The summed E-state index contributed by atoms with van der Waals surface area (Å²) in [4.78, 5) is 9.53. The molecule has 156 valence electrons. The SMILES string of the molecule is C[C@H]1CN(C2CCN(c3cc(CO)ccn3)CC2)[C@@H](Cc2ccc(Cl)cc2)CO1. The van der Waals surface area contributed by atoms with Crippen LogP contribution in [0.15, 0.2) is 42.6 Å². The van der Waals surface area contributed by atoms with Crippen molar-refractivity contribution < 1.29 is 9.84 Å². The molecule has 5 nitrogen and oxygen atoms in total. The monoisotopic (exact) mass is 415 g/mol. The van der Waals surface area contributed by atoms with Crippen LogP contribution in [-0.4, -0.2) is 59.4 Å². The van der Waals surface area contributed by atoms with Crippen LogP contribution in [0.4, 0.5) is 5.82 Å². The molecule has 1 aromatic heterocycles. The van der Waals surface area contributed by atoms with Crippen LogP contribution in [-0.2, 0) is 17.8 Å². The second-order valence-corrected chi connectivity index (χ2v) is 8.66. The highest BCUT2D eigenvalue weighted by Gasteiger charge is 2.34. The second kappa shape index (κ2) is 9.43. The molecule has 2 fully saturated rings. The number of piperidine rings is 1. The predicted molar refractivity (Wildman–Crippen MR) is 116 cm³/mol. The molecule has 2 saturated heterocycles. The highest BCUT2D eigenvalue weighted by Crippen LogP contribution is 2.27. The molecule has 2 atom stereocenters. The van der Waals surface area contributed by atoms with Gasteiger partial charge in [0.15, 0.2) is 0 Å². The van der Waals surface area contributed by atoms with E-state index in [0.29, 0.717) is 12.1 Å². The van der Waals surface area contributed by atoms with Crippen molar-refractivity contribution in [2.24, 2.45) is 0 Å². The van der Waals surface area contributed by atoms with Crippen LogP contribution in [0.3, 0.4) is 0 Å². The molecule has 4 rings (SSSR count). The minimum atomic E-state index is 0.0596. The Bertz CT molecular complexity index is 793. The van der Waals surface area contributed by atoms with Crippen LogP contribution in [0.25, 0.3) is 0 Å². The van der Waals surface area contributed by atoms with E-state index in [1.165, 1.54) is 5.56 Å². The smallest absolute Gasteiger partial charge is 0.128 e. The van der Waals surface area contributed by atoms with E-state index >= 15 is 0 Å². The Labute approximate surface area is 178 Å². The lowest BCUT2D eigenvalue weighted by Gasteiger charge is -2.46. The molecule has 2 aliphatic rings. The van der Waals surface area contributed by atoms with E-state index in [9.17, 15) is 5.11 Å². The van der Waals surface area contributed by atoms with Crippen molar-refractivity contribution in [2.75, 3.05) is 31.1 Å². The number of hydrogen-bond donors (Lipinski definition) is 1. The van der Waals surface area contributed by atoms with Crippen molar-refractivity contribution in [2.45, 2.75) is 51.0 Å². The maximum atomic E-state index is 9.39. The molecule has 0 amide bonds. The average molecular weight is 416 g/mol. The number of benzene rings is 1. The number of pyridine rings is 1. The summed E-state index contributed by atoms with van der Waals surface area (Å²) in [6.45, 7) is 5.98. The van der Waals surface area contributed by atoms with E-state index in [1.807, 2.05) is 24.3 Å². The van der Waals surface area contributed by atoms with Crippen molar-refractivity contribution in [3.05, 3.63) is 58.7 Å². The molecule has 2 aromatic rings. The van der Waals surface area contributed by atoms with Gasteiger partial charge in [0, 0.05) is 42.9 Å². The topological polar surface area (TPSA) is 48.8 Å². The normalized spacial score (nSPS) is 24.0. The summed E-state index contributed by atoms with van der Waals surface area (Å²) >= 11 is 6.05. The van der Waals surface area contributed by atoms with Gasteiger partial charge in [-0.25, -0.2) is 4.98 Å². The number of aromatic nitrogens is 1. The summed E-state index contributed by atoms with van der Waals surface area (Å²) in [5, 5.41) is 10.2. The van der Waals surface area contributed by atoms with Crippen molar-refractivity contribution in [3.63, 3.8) is 0 Å². The Kier molecular flexibility index (Phi) is 6.70. The molecule has 6 heteroatoms. The first-order valence-electron chi connectivity index (χ1n) is 10.5. The van der Waals surface area contributed by atoms with Gasteiger partial charge in [0.1, 0.15) is 5.82 Å². The minimum Gasteiger partial charge on any atom is -0.392 e. The lowest BCUT2D eigenvalue weighted by Crippen LogP contribution is -2.56. The fourth-order valence-corrected chi connectivity index (χ4v) is 4.67. The second-order valence-electron chi connectivity index (χ2n) is 8.22. The summed E-state index contributed by atoms with van der Waals surface area (Å²) in [5.41, 5.74) is 2.23. The van der Waals surface area contributed by atoms with Crippen LogP contribution in [0.1, 0.15) is 30.9 Å². The van der Waals surface area contributed by atoms with E-state index in [1.54, 1.807) is 6.20 Å². The molecule has 1 N–H and O–H groups in total. The van der Waals surface area contributed by atoms with Crippen LogP contribution >= 0.6 is 11.6 Å². The number of rotatable bonds is 5. The molecule has 0 bridgehead atoms. The number of anilines is 1. The van der Waals surface area contributed by atoms with E-state index in [2.05, 4.69) is 33.8 Å². The zero-order chi connectivity index (χ0) is 20.2. The zero-order valence-corrected chi connectivity index (χ0v) is 17.8. The number of halogens is 1. The quantitative estimate of drug-likeness (QED) is 0.809. The van der Waals surface area contributed by atoms with Gasteiger partial charge in [-0.3, -0.25) is 4.90 Å². The highest BCUT2D eigenvalue weighted by atomic mass is 35.5. The first-order chi connectivity index (χ1) is 14.1. The first kappa shape index (κ1) is 20.6. The summed E-state index contributed by atoms with van der Waals surface area (Å²) in [6.07, 6.45) is 5.30. The minimum absolute atomic E-state index is 0.0596. The number of ether oxygens (including phenoxy) is 1. The summed E-state index contributed by atoms with van der Waals surface area (Å²) in [5.74, 6) is 0.975. The summed E-state index contributed by atoms with van der Waals surface area (Å²) in [6, 6.07) is 13.0. The molecule has 1 aromatic carbocycles. The summed E-state index contributed by atoms with van der Waals surface area (Å²) < 4.78 is 6.01. The van der Waals surface area contributed by atoms with Gasteiger partial charge in [0.2, 0.25) is 0 Å². The van der Waals surface area contributed by atoms with Crippen molar-refractivity contribution in [1.29, 1.82) is 0 Å². The Morgan fingerprint density at radius 3 is 2.62 bits per heavy atom. The van der Waals surface area contributed by atoms with Crippen LogP contribution in [0.2, 0.25) is 5.02 Å². The van der Waals surface area contributed by atoms with Gasteiger partial charge in [-0.05, 0) is 61.6 Å². The Morgan fingerprint density at radius 1 is 1.14 bits per heavy atom. The van der Waals surface area contributed by atoms with Crippen LogP contribution < -0.4 is 4.90 Å². The van der Waals surface area contributed by atoms with Crippen LogP contribution in [0, 0.1) is 0 Å². The predicted octanol–water partition coefficient (Wildman–Crippen LogP) is 3.53. The highest BCUT2D eigenvalue weighted by molar-refractivity contribution is 6.30. The van der Waals surface area contributed by atoms with Crippen molar-refractivity contribution >= 4 is 17.4 Å². The molecule has 29 heavy (non-hydrogen) atoms. The van der Waals surface area contributed by atoms with Gasteiger partial charge < -0.3 is 14.7 Å². The fourth-order valence-electron chi connectivity index (χ4n) is 4.54. The third kappa shape index (κ3) is 5.10. The summed E-state index contributed by atoms with van der Waals surface area (Å²) in [7, 11) is 0. The molecule has 3 heterocycles. The van der Waals surface area contributed by atoms with Gasteiger partial charge in [0.05, 0.1) is 19.3 Å². The number of morpholine rings is 1. The first-order valence-corrected chi connectivity index (χ1v) is 10.9. The molecule has 0 spiro atoms. The Hall–Kier alpha value is -1.66. The van der Waals surface area contributed by atoms with E-state index in [0.717, 1.165) is 61.9 Å². The van der Waals surface area contributed by atoms with Crippen molar-refractivity contribution in [1.82, 2.24) is 9.88 Å². The maximum absolute atomic E-state index is 9.39.